The summed E-state index contributed by atoms with van der Waals surface area (Å²) in [4.78, 5) is 19.5. The van der Waals surface area contributed by atoms with Crippen LogP contribution in [0.25, 0.3) is 0 Å². The van der Waals surface area contributed by atoms with E-state index in [0.717, 1.165) is 11.8 Å². The van der Waals surface area contributed by atoms with Gasteiger partial charge in [-0.1, -0.05) is 22.0 Å². The summed E-state index contributed by atoms with van der Waals surface area (Å²) in [7, 11) is 0. The van der Waals surface area contributed by atoms with E-state index in [1.54, 1.807) is 0 Å². The summed E-state index contributed by atoms with van der Waals surface area (Å²) in [6, 6.07) is 7.82. The van der Waals surface area contributed by atoms with Crippen molar-refractivity contribution in [1.29, 1.82) is 5.26 Å². The summed E-state index contributed by atoms with van der Waals surface area (Å²) in [5.41, 5.74) is 1.79. The molecule has 1 rings (SSSR count). The fourth-order valence-electron chi connectivity index (χ4n) is 1.41. The lowest BCUT2D eigenvalue weighted by Gasteiger charge is -2.06. The minimum atomic E-state index is -1.06. The number of nitrogens with zero attached hydrogens (tertiary/aromatic N) is 1. The second-order valence-corrected chi connectivity index (χ2v) is 4.88. The number of nitriles is 1. The highest BCUT2D eigenvalue weighted by atomic mass is 79.9. The predicted octanol–water partition coefficient (Wildman–Crippen LogP) is 2.94. The zero-order valence-electron chi connectivity index (χ0n) is 12.1. The minimum Gasteiger partial charge on any atom is -0.492 e. The van der Waals surface area contributed by atoms with Crippen LogP contribution in [0, 0.1) is 11.3 Å². The summed E-state index contributed by atoms with van der Waals surface area (Å²) in [5, 5.41) is 17.6. The molecule has 6 heteroatoms. The average Bonchev–Trinajstić information content (AvgIpc) is 2.39. The number of carbonyl (C=O) groups is 2. The van der Waals surface area contributed by atoms with Gasteiger partial charge in [0.25, 0.3) is 0 Å². The standard InChI is InChI=1S/C11H12BrNO.C4H6O3/c1-2-14-11-7-9(5-6-12)3-4-10(11)8-13;1-3(5)2-4(6)7/h3-4,7H,2,5-6H2,1H3;2H2,1H3,(H,6,7). The first-order chi connectivity index (χ1) is 9.94. The molecule has 114 valence electrons. The number of alkyl halides is 1. The van der Waals surface area contributed by atoms with Crippen molar-refractivity contribution in [2.24, 2.45) is 0 Å². The lowest BCUT2D eigenvalue weighted by molar-refractivity contribution is -0.139. The van der Waals surface area contributed by atoms with Crippen molar-refractivity contribution < 1.29 is 19.4 Å². The number of carboxylic acid groups (broad SMARTS) is 1. The van der Waals surface area contributed by atoms with Gasteiger partial charge in [0.05, 0.1) is 12.2 Å². The molecule has 0 bridgehead atoms. The Hall–Kier alpha value is -1.87. The molecule has 0 saturated carbocycles. The first-order valence-corrected chi connectivity index (χ1v) is 7.49. The van der Waals surface area contributed by atoms with E-state index < -0.39 is 5.97 Å². The molecule has 0 unspecified atom stereocenters. The Balaban J connectivity index is 0.000000486. The first kappa shape index (κ1) is 19.1. The van der Waals surface area contributed by atoms with Gasteiger partial charge in [0.1, 0.15) is 24.0 Å². The summed E-state index contributed by atoms with van der Waals surface area (Å²) in [6.07, 6.45) is 0.589. The van der Waals surface area contributed by atoms with Crippen LogP contribution in [0.3, 0.4) is 0 Å². The quantitative estimate of drug-likeness (QED) is 0.625. The fourth-order valence-corrected chi connectivity index (χ4v) is 1.87. The molecule has 0 fully saturated rings. The summed E-state index contributed by atoms with van der Waals surface area (Å²) in [6.45, 7) is 3.75. The Morgan fingerprint density at radius 1 is 1.43 bits per heavy atom. The van der Waals surface area contributed by atoms with Crippen molar-refractivity contribution in [2.45, 2.75) is 26.7 Å². The number of carboxylic acids is 1. The maximum absolute atomic E-state index is 9.87. The van der Waals surface area contributed by atoms with E-state index in [9.17, 15) is 9.59 Å². The van der Waals surface area contributed by atoms with Gasteiger partial charge in [0.2, 0.25) is 0 Å². The van der Waals surface area contributed by atoms with E-state index in [-0.39, 0.29) is 12.2 Å². The number of ether oxygens (including phenoxy) is 1. The van der Waals surface area contributed by atoms with Crippen molar-refractivity contribution in [3.63, 3.8) is 0 Å². The lowest BCUT2D eigenvalue weighted by atomic mass is 10.1. The molecule has 1 aromatic rings. The van der Waals surface area contributed by atoms with Crippen LogP contribution >= 0.6 is 15.9 Å². The van der Waals surface area contributed by atoms with Crippen LogP contribution in [0.4, 0.5) is 0 Å². The zero-order chi connectivity index (χ0) is 16.3. The van der Waals surface area contributed by atoms with Crippen molar-refractivity contribution in [2.75, 3.05) is 11.9 Å². The molecule has 21 heavy (non-hydrogen) atoms. The first-order valence-electron chi connectivity index (χ1n) is 6.37. The maximum Gasteiger partial charge on any atom is 0.310 e. The Kier molecular flexibility index (Phi) is 9.90. The van der Waals surface area contributed by atoms with E-state index in [2.05, 4.69) is 22.0 Å². The van der Waals surface area contributed by atoms with Crippen molar-refractivity contribution in [1.82, 2.24) is 0 Å². The smallest absolute Gasteiger partial charge is 0.310 e. The number of hydrogen-bond acceptors (Lipinski definition) is 4. The molecule has 0 atom stereocenters. The number of hydrogen-bond donors (Lipinski definition) is 1. The van der Waals surface area contributed by atoms with Crippen LogP contribution in [0.1, 0.15) is 31.4 Å². The van der Waals surface area contributed by atoms with Gasteiger partial charge in [0.15, 0.2) is 0 Å². The Morgan fingerprint density at radius 2 is 2.10 bits per heavy atom. The van der Waals surface area contributed by atoms with Gasteiger partial charge in [-0.15, -0.1) is 0 Å². The van der Waals surface area contributed by atoms with Gasteiger partial charge >= 0.3 is 5.97 Å². The number of benzene rings is 1. The van der Waals surface area contributed by atoms with Crippen molar-refractivity contribution in [3.05, 3.63) is 29.3 Å². The summed E-state index contributed by atoms with van der Waals surface area (Å²) >= 11 is 3.38. The average molecular weight is 356 g/mol. The molecule has 0 aliphatic rings. The second-order valence-electron chi connectivity index (χ2n) is 4.09. The Labute approximate surface area is 132 Å². The van der Waals surface area contributed by atoms with Gasteiger partial charge in [-0.05, 0) is 38.0 Å². The largest absolute Gasteiger partial charge is 0.492 e. The number of aryl methyl sites for hydroxylation is 1. The highest BCUT2D eigenvalue weighted by Gasteiger charge is 2.03. The van der Waals surface area contributed by atoms with Crippen molar-refractivity contribution in [3.8, 4) is 11.8 Å². The topological polar surface area (TPSA) is 87.4 Å². The summed E-state index contributed by atoms with van der Waals surface area (Å²) in [5.74, 6) is -0.687. The molecule has 0 radical (unpaired) electrons. The van der Waals surface area contributed by atoms with Crippen LogP contribution in [0.5, 0.6) is 5.75 Å². The highest BCUT2D eigenvalue weighted by Crippen LogP contribution is 2.20. The van der Waals surface area contributed by atoms with Crippen LogP contribution < -0.4 is 4.74 Å². The normalized spacial score (nSPS) is 9.05. The number of Topliss-reactive ketones (excluding diaryl/α,β-unsaturated/α-hetero) is 1. The number of aliphatic carboxylic acids is 1. The molecule has 1 aromatic carbocycles. The number of carbonyl (C=O) groups excluding carboxylic acids is 1. The van der Waals surface area contributed by atoms with Gasteiger partial charge in [0, 0.05) is 5.33 Å². The van der Waals surface area contributed by atoms with Crippen molar-refractivity contribution >= 4 is 27.7 Å². The van der Waals surface area contributed by atoms with Crippen LogP contribution in [-0.4, -0.2) is 28.8 Å². The van der Waals surface area contributed by atoms with Gasteiger partial charge < -0.3 is 9.84 Å². The predicted molar refractivity (Wildman–Crippen MR) is 82.8 cm³/mol. The third kappa shape index (κ3) is 8.82. The molecule has 0 saturated heterocycles. The second kappa shape index (κ2) is 10.9. The lowest BCUT2D eigenvalue weighted by Crippen LogP contribution is -2.00. The monoisotopic (exact) mass is 355 g/mol. The summed E-state index contributed by atoms with van der Waals surface area (Å²) < 4.78 is 5.38. The molecule has 5 nitrogen and oxygen atoms in total. The van der Waals surface area contributed by atoms with E-state index in [1.807, 2.05) is 25.1 Å². The maximum atomic E-state index is 9.87. The highest BCUT2D eigenvalue weighted by molar-refractivity contribution is 9.09. The SMILES string of the molecule is CC(=O)CC(=O)O.CCOc1cc(CCBr)ccc1C#N. The molecule has 0 aliphatic carbocycles. The Bertz CT molecular complexity index is 511. The molecule has 0 heterocycles. The third-order valence-electron chi connectivity index (χ3n) is 2.25. The van der Waals surface area contributed by atoms with Crippen LogP contribution in [-0.2, 0) is 16.0 Å². The molecular formula is C15H18BrNO4. The number of rotatable bonds is 6. The van der Waals surface area contributed by atoms with E-state index >= 15 is 0 Å². The third-order valence-corrected chi connectivity index (χ3v) is 2.65. The van der Waals surface area contributed by atoms with Crippen LogP contribution in [0.15, 0.2) is 18.2 Å². The minimum absolute atomic E-state index is 0.312. The van der Waals surface area contributed by atoms with E-state index in [1.165, 1.54) is 12.5 Å². The van der Waals surface area contributed by atoms with Crippen LogP contribution in [0.2, 0.25) is 0 Å². The number of halogens is 1. The fraction of sp³-hybridized carbons (Fsp3) is 0.400. The van der Waals surface area contributed by atoms with E-state index in [4.69, 9.17) is 15.1 Å². The molecule has 0 aliphatic heterocycles. The zero-order valence-corrected chi connectivity index (χ0v) is 13.6. The van der Waals surface area contributed by atoms with Gasteiger partial charge in [-0.2, -0.15) is 5.26 Å². The molecule has 0 amide bonds. The Morgan fingerprint density at radius 3 is 2.48 bits per heavy atom. The van der Waals surface area contributed by atoms with Gasteiger partial charge in [-0.25, -0.2) is 0 Å². The van der Waals surface area contributed by atoms with E-state index in [0.29, 0.717) is 17.9 Å². The number of ketones is 1. The molecular weight excluding hydrogens is 338 g/mol. The molecule has 0 aromatic heterocycles. The molecule has 0 spiro atoms. The molecule has 1 N–H and O–H groups in total. The van der Waals surface area contributed by atoms with Gasteiger partial charge in [-0.3, -0.25) is 9.59 Å².